The zero-order chi connectivity index (χ0) is 32.4. The highest BCUT2D eigenvalue weighted by atomic mass is 35.5. The van der Waals surface area contributed by atoms with E-state index >= 15 is 0 Å². The Morgan fingerprint density at radius 1 is 0.889 bits per heavy atom. The van der Waals surface area contributed by atoms with Crippen LogP contribution in [-0.4, -0.2) is 53.8 Å². The van der Waals surface area contributed by atoms with E-state index in [-0.39, 0.29) is 28.8 Å². The minimum absolute atomic E-state index is 0.00604. The molecule has 13 heteroatoms. The van der Waals surface area contributed by atoms with Crippen LogP contribution in [-0.2, 0) is 19.6 Å². The molecule has 4 aromatic rings. The second kappa shape index (κ2) is 15.1. The number of halogens is 1. The maximum Gasteiger partial charge on any atom is 0.264 e. The molecular weight excluding hydrogens is 620 g/mol. The predicted molar refractivity (Wildman–Crippen MR) is 173 cm³/mol. The van der Waals surface area contributed by atoms with E-state index in [0.717, 1.165) is 9.87 Å². The van der Waals surface area contributed by atoms with Crippen LogP contribution in [0.4, 0.5) is 11.4 Å². The van der Waals surface area contributed by atoms with Gasteiger partial charge in [0.15, 0.2) is 6.61 Å². The van der Waals surface area contributed by atoms with Crippen molar-refractivity contribution in [3.8, 4) is 17.2 Å². The van der Waals surface area contributed by atoms with E-state index in [0.29, 0.717) is 27.8 Å². The van der Waals surface area contributed by atoms with Gasteiger partial charge in [0.25, 0.3) is 21.8 Å². The molecule has 4 aromatic carbocycles. The van der Waals surface area contributed by atoms with Gasteiger partial charge in [0.2, 0.25) is 0 Å². The fraction of sp³-hybridized carbons (Fsp3) is 0.156. The van der Waals surface area contributed by atoms with Crippen molar-refractivity contribution in [2.75, 3.05) is 37.0 Å². The third kappa shape index (κ3) is 8.97. The summed E-state index contributed by atoms with van der Waals surface area (Å²) < 4.78 is 44.6. The fourth-order valence-electron chi connectivity index (χ4n) is 4.03. The largest absolute Gasteiger partial charge is 0.497 e. The zero-order valence-electron chi connectivity index (χ0n) is 24.7. The second-order valence-electron chi connectivity index (χ2n) is 9.57. The molecule has 0 aromatic heterocycles. The van der Waals surface area contributed by atoms with Gasteiger partial charge >= 0.3 is 0 Å². The Kier molecular flexibility index (Phi) is 11.0. The van der Waals surface area contributed by atoms with E-state index in [2.05, 4.69) is 15.8 Å². The zero-order valence-corrected chi connectivity index (χ0v) is 26.3. The van der Waals surface area contributed by atoms with E-state index in [1.165, 1.54) is 44.7 Å². The van der Waals surface area contributed by atoms with Crippen molar-refractivity contribution in [2.45, 2.75) is 11.8 Å². The van der Waals surface area contributed by atoms with Crippen molar-refractivity contribution >= 4 is 51.0 Å². The van der Waals surface area contributed by atoms with Crippen LogP contribution in [0.1, 0.15) is 11.1 Å². The van der Waals surface area contributed by atoms with Gasteiger partial charge in [0, 0.05) is 16.8 Å². The molecule has 0 aliphatic heterocycles. The molecule has 2 N–H and O–H groups in total. The Hall–Kier alpha value is -5.07. The van der Waals surface area contributed by atoms with Crippen molar-refractivity contribution in [1.82, 2.24) is 5.43 Å². The monoisotopic (exact) mass is 650 g/mol. The van der Waals surface area contributed by atoms with E-state index in [1.54, 1.807) is 66.7 Å². The summed E-state index contributed by atoms with van der Waals surface area (Å²) in [4.78, 5) is 25.1. The standard InChI is InChI=1S/C32H31ClN4O7S/c1-22-7-14-28(15-8-22)45(40,41)37(29-16-13-27(42-2)18-30(29)43-3)20-31(38)36-34-19-23-9-11-26(12-10-23)44-21-32(39)35-25-6-4-5-24(33)17-25/h4-19H,20-21H2,1-3H3,(H,35,39)(H,36,38)/b34-19-. The van der Waals surface area contributed by atoms with Crippen molar-refractivity contribution in [3.63, 3.8) is 0 Å². The van der Waals surface area contributed by atoms with Crippen LogP contribution in [0, 0.1) is 6.92 Å². The number of aryl methyl sites for hydroxylation is 1. The summed E-state index contributed by atoms with van der Waals surface area (Å²) in [6, 6.07) is 24.3. The van der Waals surface area contributed by atoms with Crippen molar-refractivity contribution in [1.29, 1.82) is 0 Å². The molecule has 2 amide bonds. The van der Waals surface area contributed by atoms with Crippen LogP contribution < -0.4 is 29.3 Å². The summed E-state index contributed by atoms with van der Waals surface area (Å²) in [6.45, 7) is 1.05. The second-order valence-corrected chi connectivity index (χ2v) is 11.9. The lowest BCUT2D eigenvalue weighted by Crippen LogP contribution is -2.39. The van der Waals surface area contributed by atoms with Gasteiger partial charge in [-0.15, -0.1) is 0 Å². The maximum absolute atomic E-state index is 13.7. The minimum Gasteiger partial charge on any atom is -0.497 e. The molecular formula is C32H31ClN4O7S. The first-order valence-corrected chi connectivity index (χ1v) is 15.3. The first-order chi connectivity index (χ1) is 21.6. The minimum atomic E-state index is -4.18. The summed E-state index contributed by atoms with van der Waals surface area (Å²) in [7, 11) is -1.31. The molecule has 0 saturated carbocycles. The van der Waals surface area contributed by atoms with Crippen LogP contribution in [0.3, 0.4) is 0 Å². The Morgan fingerprint density at radius 3 is 2.27 bits per heavy atom. The Morgan fingerprint density at radius 2 is 1.60 bits per heavy atom. The number of rotatable bonds is 13. The van der Waals surface area contributed by atoms with Gasteiger partial charge in [-0.25, -0.2) is 13.8 Å². The summed E-state index contributed by atoms with van der Waals surface area (Å²) in [5.41, 5.74) is 4.58. The van der Waals surface area contributed by atoms with E-state index in [9.17, 15) is 18.0 Å². The molecule has 0 atom stereocenters. The quantitative estimate of drug-likeness (QED) is 0.153. The number of ether oxygens (including phenoxy) is 3. The lowest BCUT2D eigenvalue weighted by Gasteiger charge is -2.25. The van der Waals surface area contributed by atoms with Gasteiger partial charge in [-0.2, -0.15) is 5.10 Å². The number of hydrogen-bond acceptors (Lipinski definition) is 8. The van der Waals surface area contributed by atoms with E-state index in [4.69, 9.17) is 25.8 Å². The third-order valence-corrected chi connectivity index (χ3v) is 8.32. The average molecular weight is 651 g/mol. The number of carbonyl (C=O) groups excluding carboxylic acids is 2. The molecule has 0 fully saturated rings. The molecule has 0 aliphatic carbocycles. The number of carbonyl (C=O) groups is 2. The highest BCUT2D eigenvalue weighted by Crippen LogP contribution is 2.35. The van der Waals surface area contributed by atoms with Gasteiger partial charge in [0.05, 0.1) is 31.0 Å². The molecule has 0 aliphatic rings. The first kappa shape index (κ1) is 32.8. The number of methoxy groups -OCH3 is 2. The van der Waals surface area contributed by atoms with Gasteiger partial charge in [-0.3, -0.25) is 13.9 Å². The van der Waals surface area contributed by atoms with Gasteiger partial charge in [0.1, 0.15) is 23.8 Å². The number of hydrazone groups is 1. The van der Waals surface area contributed by atoms with Crippen LogP contribution in [0.2, 0.25) is 5.02 Å². The number of anilines is 2. The molecule has 4 rings (SSSR count). The first-order valence-electron chi connectivity index (χ1n) is 13.5. The smallest absolute Gasteiger partial charge is 0.264 e. The molecule has 0 saturated heterocycles. The number of nitrogens with one attached hydrogen (secondary N) is 2. The van der Waals surface area contributed by atoms with Crippen molar-refractivity contribution in [2.24, 2.45) is 5.10 Å². The van der Waals surface area contributed by atoms with Crippen LogP contribution in [0.25, 0.3) is 0 Å². The highest BCUT2D eigenvalue weighted by molar-refractivity contribution is 7.92. The van der Waals surface area contributed by atoms with Crippen molar-refractivity contribution < 1.29 is 32.2 Å². The Labute approximate surface area is 266 Å². The maximum atomic E-state index is 13.7. The summed E-state index contributed by atoms with van der Waals surface area (Å²) in [5, 5.41) is 7.17. The molecule has 0 unspecified atom stereocenters. The fourth-order valence-corrected chi connectivity index (χ4v) is 5.66. The van der Waals surface area contributed by atoms with Gasteiger partial charge in [-0.1, -0.05) is 35.4 Å². The van der Waals surface area contributed by atoms with Crippen LogP contribution in [0.5, 0.6) is 17.2 Å². The number of hydrogen-bond donors (Lipinski definition) is 2. The lowest BCUT2D eigenvalue weighted by atomic mass is 10.2. The summed E-state index contributed by atoms with van der Waals surface area (Å²) >= 11 is 5.93. The molecule has 11 nitrogen and oxygen atoms in total. The molecule has 0 bridgehead atoms. The van der Waals surface area contributed by atoms with Gasteiger partial charge < -0.3 is 19.5 Å². The number of sulfonamides is 1. The van der Waals surface area contributed by atoms with Gasteiger partial charge in [-0.05, 0) is 79.2 Å². The lowest BCUT2D eigenvalue weighted by molar-refractivity contribution is -0.119. The van der Waals surface area contributed by atoms with E-state index in [1.807, 2.05) is 6.92 Å². The highest BCUT2D eigenvalue weighted by Gasteiger charge is 2.29. The van der Waals surface area contributed by atoms with Crippen molar-refractivity contribution in [3.05, 3.63) is 107 Å². The Bertz CT molecular complexity index is 1780. The third-order valence-electron chi connectivity index (χ3n) is 6.31. The van der Waals surface area contributed by atoms with E-state index < -0.39 is 22.5 Å². The topological polar surface area (TPSA) is 136 Å². The SMILES string of the molecule is COc1ccc(N(CC(=O)N/N=C\c2ccc(OCC(=O)Nc3cccc(Cl)c3)cc2)S(=O)(=O)c2ccc(C)cc2)c(OC)c1. The molecule has 0 spiro atoms. The predicted octanol–water partition coefficient (Wildman–Crippen LogP) is 5.03. The number of benzene rings is 4. The Balaban J connectivity index is 1.41. The van der Waals surface area contributed by atoms with Crippen LogP contribution in [0.15, 0.2) is 101 Å². The molecule has 45 heavy (non-hydrogen) atoms. The molecule has 234 valence electrons. The summed E-state index contributed by atoms with van der Waals surface area (Å²) in [5.74, 6) is 0.0600. The average Bonchev–Trinajstić information content (AvgIpc) is 3.03. The number of amides is 2. The molecule has 0 radical (unpaired) electrons. The number of nitrogens with zero attached hydrogens (tertiary/aromatic N) is 2. The van der Waals surface area contributed by atoms with Crippen LogP contribution >= 0.6 is 11.6 Å². The molecule has 0 heterocycles. The summed E-state index contributed by atoms with van der Waals surface area (Å²) in [6.07, 6.45) is 1.39. The normalized spacial score (nSPS) is 11.1.